The van der Waals surface area contributed by atoms with E-state index in [-0.39, 0.29) is 0 Å². The van der Waals surface area contributed by atoms with E-state index in [1.54, 1.807) is 12.4 Å². The van der Waals surface area contributed by atoms with Gasteiger partial charge in [-0.2, -0.15) is 0 Å². The molecule has 3 aliphatic carbocycles. The molecule has 13 aromatic carbocycles. The molecule has 27 rings (SSSR count). The molecule has 11 heterocycles. The molecule has 0 fully saturated rings. The normalized spacial score (nSPS) is 13.2. The topological polar surface area (TPSA) is 118 Å². The number of benzene rings is 13. The zero-order chi connectivity index (χ0) is 87.3. The summed E-state index contributed by atoms with van der Waals surface area (Å²) in [4.78, 5) is 38.4. The highest BCUT2D eigenvalue weighted by Crippen LogP contribution is 2.61. The van der Waals surface area contributed by atoms with E-state index in [1.165, 1.54) is 100 Å². The third-order valence-corrected chi connectivity index (χ3v) is 27.2. The summed E-state index contributed by atoms with van der Waals surface area (Å²) in [5, 5.41) is 3.36. The lowest BCUT2D eigenvalue weighted by molar-refractivity contribution is 0.769. The van der Waals surface area contributed by atoms with Crippen molar-refractivity contribution in [2.75, 3.05) is 0 Å². The SMILES string of the molecule is c1ccc(C2(c3ccccc3)c3ccccc3-c3cc4c(cc32)c2ncccc2n4-c2cccc(-c3ccccn3)n2)cc1.c1ccc(C2(c3ccccc3)c3ccccc3-c3cc4c(cc32)c2ncccc2n4-c2cccc(-c3cccnc3)c2)cc1.c1ccc(C2(c3ccccc3)c3ccccc3-c3cc4c(cc32)c2ncccc2n4-c2cccc(-c3cccnc3)n2)cc1. The first kappa shape index (κ1) is 76.9. The summed E-state index contributed by atoms with van der Waals surface area (Å²) in [5.74, 6) is 1.69. The quantitative estimate of drug-likeness (QED) is 0.119. The largest absolute Gasteiger partial charge is 0.308 e. The van der Waals surface area contributed by atoms with E-state index in [1.807, 2.05) is 104 Å². The van der Waals surface area contributed by atoms with Crippen LogP contribution in [0.4, 0.5) is 0 Å². The Bertz CT molecular complexity index is 7650. The van der Waals surface area contributed by atoms with E-state index in [9.17, 15) is 0 Å². The Morgan fingerprint density at radius 2 is 0.515 bits per heavy atom. The van der Waals surface area contributed by atoms with E-state index in [0.29, 0.717) is 0 Å². The van der Waals surface area contributed by atoms with Crippen molar-refractivity contribution in [1.82, 2.24) is 53.6 Å². The Balaban J connectivity index is 0.000000106. The average molecular weight is 1690 g/mol. The Hall–Kier alpha value is -17.5. The molecular formula is C121H79N11. The lowest BCUT2D eigenvalue weighted by atomic mass is 9.67. The first-order valence-corrected chi connectivity index (χ1v) is 44.7. The first-order chi connectivity index (χ1) is 65.5. The van der Waals surface area contributed by atoms with Gasteiger partial charge in [-0.25, -0.2) is 9.97 Å². The molecule has 0 atom stereocenters. The summed E-state index contributed by atoms with van der Waals surface area (Å²) < 4.78 is 6.87. The Morgan fingerprint density at radius 1 is 0.189 bits per heavy atom. The molecule has 0 radical (unpaired) electrons. The Labute approximate surface area is 762 Å². The Morgan fingerprint density at radius 3 is 0.909 bits per heavy atom. The summed E-state index contributed by atoms with van der Waals surface area (Å²) in [6.45, 7) is 0. The smallest absolute Gasteiger partial charge is 0.138 e. The summed E-state index contributed by atoms with van der Waals surface area (Å²) in [6, 6.07) is 154. The van der Waals surface area contributed by atoms with E-state index < -0.39 is 16.2 Å². The molecule has 0 N–H and O–H groups in total. The number of nitrogens with zero attached hydrogens (tertiary/aromatic N) is 11. The standard InChI is InChI=1S/C41H27N3.2C40H26N4/c1-3-14-30(15-4-1)41(31-16-5-2-6-17-31)36-20-8-7-19-33(36)34-26-39-35(25-37(34)41)40-38(21-11-23-43-40)44(39)32-18-9-12-28(24-32)29-13-10-22-42-27-29;1-3-13-28(14-4-1)40(29-15-5-2-6-16-29)33-18-8-7-17-30(33)31-25-37-32(24-34(31)40)39-36(20-11-23-42-39)44(37)38-21-9-19-35(43-38)27-12-10-22-41-26-27;1-3-13-27(14-4-1)40(28-15-5-2-6-16-28)32-18-8-7-17-29(32)30-26-37-31(25-33(30)40)39-36(21-12-24-42-39)44(37)38-22-11-20-35(43-38)34-19-9-10-23-41-34/h1-27H;2*1-26H. The van der Waals surface area contributed by atoms with Crippen LogP contribution in [0.5, 0.6) is 0 Å². The number of fused-ring (bicyclic) bond motifs is 18. The summed E-state index contributed by atoms with van der Waals surface area (Å²) in [6.07, 6.45) is 14.9. The molecule has 0 saturated carbocycles. The van der Waals surface area contributed by atoms with Gasteiger partial charge in [0.25, 0.3) is 0 Å². The molecular weight excluding hydrogens is 1610 g/mol. The maximum atomic E-state index is 5.14. The fraction of sp³-hybridized carbons (Fsp3) is 0.0248. The monoisotopic (exact) mass is 1690 g/mol. The minimum atomic E-state index is -0.469. The van der Waals surface area contributed by atoms with Crippen LogP contribution < -0.4 is 0 Å². The van der Waals surface area contributed by atoms with Gasteiger partial charge in [-0.1, -0.05) is 291 Å². The van der Waals surface area contributed by atoms with Crippen molar-refractivity contribution in [3.63, 3.8) is 0 Å². The molecule has 0 amide bonds. The van der Waals surface area contributed by atoms with Gasteiger partial charge in [0.05, 0.1) is 83.0 Å². The zero-order valence-corrected chi connectivity index (χ0v) is 71.5. The number of hydrogen-bond acceptors (Lipinski definition) is 8. The van der Waals surface area contributed by atoms with Crippen LogP contribution in [-0.4, -0.2) is 53.6 Å². The average Bonchev–Trinajstić information content (AvgIpc) is 1.53. The molecule has 0 unspecified atom stereocenters. The van der Waals surface area contributed by atoms with E-state index >= 15 is 0 Å². The lowest BCUT2D eigenvalue weighted by Gasteiger charge is -2.33. The molecule has 0 spiro atoms. The van der Waals surface area contributed by atoms with Crippen molar-refractivity contribution in [1.29, 1.82) is 0 Å². The van der Waals surface area contributed by atoms with Crippen molar-refractivity contribution in [3.05, 3.63) is 547 Å². The second-order valence-corrected chi connectivity index (χ2v) is 34.0. The van der Waals surface area contributed by atoms with Gasteiger partial charge >= 0.3 is 0 Å². The molecule has 11 heteroatoms. The highest BCUT2D eigenvalue weighted by Gasteiger charge is 2.50. The van der Waals surface area contributed by atoms with Gasteiger partial charge in [-0.05, 0) is 245 Å². The lowest BCUT2D eigenvalue weighted by Crippen LogP contribution is -2.28. The third kappa shape index (κ3) is 11.9. The van der Waals surface area contributed by atoms with Gasteiger partial charge in [0.15, 0.2) is 0 Å². The highest BCUT2D eigenvalue weighted by atomic mass is 15.1. The number of pyridine rings is 8. The van der Waals surface area contributed by atoms with Crippen molar-refractivity contribution in [2.24, 2.45) is 0 Å². The summed E-state index contributed by atoms with van der Waals surface area (Å²) in [7, 11) is 0. The second-order valence-electron chi connectivity index (χ2n) is 34.0. The molecule has 3 aliphatic rings. The summed E-state index contributed by atoms with van der Waals surface area (Å²) in [5.41, 5.74) is 37.6. The van der Waals surface area contributed by atoms with Crippen LogP contribution in [0.3, 0.4) is 0 Å². The van der Waals surface area contributed by atoms with Gasteiger partial charge in [0, 0.05) is 82.5 Å². The highest BCUT2D eigenvalue weighted by molar-refractivity contribution is 6.13. The molecule has 132 heavy (non-hydrogen) atoms. The fourth-order valence-corrected chi connectivity index (χ4v) is 21.9. The maximum absolute atomic E-state index is 5.14. The third-order valence-electron chi connectivity index (χ3n) is 27.2. The molecule has 0 saturated heterocycles. The number of rotatable bonds is 12. The zero-order valence-electron chi connectivity index (χ0n) is 71.5. The van der Waals surface area contributed by atoms with Gasteiger partial charge in [0.2, 0.25) is 0 Å². The molecule has 11 nitrogen and oxygen atoms in total. The molecule has 24 aromatic rings. The van der Waals surface area contributed by atoms with E-state index in [2.05, 4.69) is 393 Å². The predicted octanol–water partition coefficient (Wildman–Crippen LogP) is 27.6. The maximum Gasteiger partial charge on any atom is 0.138 e. The predicted molar refractivity (Wildman–Crippen MR) is 533 cm³/mol. The van der Waals surface area contributed by atoms with Gasteiger partial charge in [-0.3, -0.25) is 39.0 Å². The van der Waals surface area contributed by atoms with Crippen LogP contribution in [0.1, 0.15) is 66.8 Å². The van der Waals surface area contributed by atoms with Crippen molar-refractivity contribution < 1.29 is 0 Å². The van der Waals surface area contributed by atoms with Crippen LogP contribution in [0, 0.1) is 0 Å². The van der Waals surface area contributed by atoms with Gasteiger partial charge in [0.1, 0.15) is 11.6 Å². The van der Waals surface area contributed by atoms with Crippen molar-refractivity contribution >= 4 is 65.8 Å². The first-order valence-electron chi connectivity index (χ1n) is 44.7. The van der Waals surface area contributed by atoms with Crippen LogP contribution >= 0.6 is 0 Å². The van der Waals surface area contributed by atoms with Crippen molar-refractivity contribution in [3.8, 4) is 84.5 Å². The number of aromatic nitrogens is 11. The number of hydrogen-bond donors (Lipinski definition) is 0. The second kappa shape index (κ2) is 31.5. The van der Waals surface area contributed by atoms with E-state index in [0.717, 1.165) is 117 Å². The molecule has 11 aromatic heterocycles. The molecule has 0 bridgehead atoms. The van der Waals surface area contributed by atoms with Gasteiger partial charge in [-0.15, -0.1) is 0 Å². The van der Waals surface area contributed by atoms with Crippen LogP contribution in [0.15, 0.2) is 480 Å². The summed E-state index contributed by atoms with van der Waals surface area (Å²) >= 11 is 0. The fourth-order valence-electron chi connectivity index (χ4n) is 21.9. The van der Waals surface area contributed by atoms with E-state index in [4.69, 9.17) is 24.9 Å². The minimum Gasteiger partial charge on any atom is -0.308 e. The van der Waals surface area contributed by atoms with Crippen LogP contribution in [-0.2, 0) is 16.2 Å². The minimum absolute atomic E-state index is 0.452. The van der Waals surface area contributed by atoms with Crippen LogP contribution in [0.25, 0.3) is 150 Å². The van der Waals surface area contributed by atoms with Crippen LogP contribution in [0.2, 0.25) is 0 Å². The van der Waals surface area contributed by atoms with Crippen molar-refractivity contribution in [2.45, 2.75) is 16.2 Å². The molecule has 618 valence electrons. The Kier molecular flexibility index (Phi) is 18.3. The van der Waals surface area contributed by atoms with Gasteiger partial charge < -0.3 is 4.57 Å². The molecule has 0 aliphatic heterocycles.